The minimum atomic E-state index is -0.314. The SMILES string of the molecule is CC1(C)CC(C)(C)OC(c2cnc3c(F)cccc3c2)=N1. The lowest BCUT2D eigenvalue weighted by molar-refractivity contribution is 0.0473. The summed E-state index contributed by atoms with van der Waals surface area (Å²) in [6.45, 7) is 8.28. The van der Waals surface area contributed by atoms with Crippen LogP contribution in [0.5, 0.6) is 0 Å². The van der Waals surface area contributed by atoms with E-state index in [0.29, 0.717) is 11.4 Å². The maximum absolute atomic E-state index is 13.7. The molecular weight excluding hydrogens is 267 g/mol. The largest absolute Gasteiger partial charge is 0.471 e. The molecule has 0 aliphatic carbocycles. The van der Waals surface area contributed by atoms with Crippen molar-refractivity contribution < 1.29 is 9.13 Å². The predicted octanol–water partition coefficient (Wildman–Crippen LogP) is 4.10. The number of rotatable bonds is 1. The maximum atomic E-state index is 13.7. The molecule has 0 unspecified atom stereocenters. The summed E-state index contributed by atoms with van der Waals surface area (Å²) in [5.74, 6) is 0.265. The van der Waals surface area contributed by atoms with Gasteiger partial charge in [-0.05, 0) is 39.8 Å². The van der Waals surface area contributed by atoms with E-state index in [-0.39, 0.29) is 17.0 Å². The molecule has 0 radical (unpaired) electrons. The van der Waals surface area contributed by atoms with Crippen molar-refractivity contribution in [3.8, 4) is 0 Å². The highest BCUT2D eigenvalue weighted by molar-refractivity contribution is 5.98. The monoisotopic (exact) mass is 286 g/mol. The Morgan fingerprint density at radius 3 is 2.67 bits per heavy atom. The van der Waals surface area contributed by atoms with E-state index in [1.54, 1.807) is 12.3 Å². The molecule has 4 heteroatoms. The Balaban J connectivity index is 2.10. The number of nitrogens with zero attached hydrogens (tertiary/aromatic N) is 2. The molecule has 1 aliphatic rings. The van der Waals surface area contributed by atoms with Gasteiger partial charge in [0.15, 0.2) is 0 Å². The molecule has 2 aromatic rings. The first-order valence-electron chi connectivity index (χ1n) is 7.09. The van der Waals surface area contributed by atoms with Gasteiger partial charge in [0.05, 0.1) is 11.1 Å². The van der Waals surface area contributed by atoms with Crippen LogP contribution in [0.3, 0.4) is 0 Å². The summed E-state index contributed by atoms with van der Waals surface area (Å²) in [5, 5.41) is 0.750. The van der Waals surface area contributed by atoms with Crippen molar-refractivity contribution in [2.75, 3.05) is 0 Å². The number of benzene rings is 1. The second-order valence-electron chi connectivity index (χ2n) is 6.80. The van der Waals surface area contributed by atoms with E-state index in [1.165, 1.54) is 6.07 Å². The number of fused-ring (bicyclic) bond motifs is 1. The molecule has 0 spiro atoms. The average Bonchev–Trinajstić information content (AvgIpc) is 2.35. The van der Waals surface area contributed by atoms with Gasteiger partial charge in [0.2, 0.25) is 5.90 Å². The van der Waals surface area contributed by atoms with Crippen molar-refractivity contribution in [3.63, 3.8) is 0 Å². The van der Waals surface area contributed by atoms with Crippen LogP contribution in [-0.4, -0.2) is 22.0 Å². The molecule has 1 aromatic heterocycles. The van der Waals surface area contributed by atoms with E-state index < -0.39 is 0 Å². The molecule has 2 heterocycles. The van der Waals surface area contributed by atoms with Crippen molar-refractivity contribution in [2.45, 2.75) is 45.3 Å². The van der Waals surface area contributed by atoms with E-state index in [0.717, 1.165) is 17.4 Å². The third-order valence-corrected chi connectivity index (χ3v) is 3.54. The molecule has 3 nitrogen and oxygen atoms in total. The average molecular weight is 286 g/mol. The molecule has 21 heavy (non-hydrogen) atoms. The number of halogens is 1. The fraction of sp³-hybridized carbons (Fsp3) is 0.412. The zero-order chi connectivity index (χ0) is 15.3. The minimum absolute atomic E-state index is 0.187. The molecule has 0 amide bonds. The predicted molar refractivity (Wildman–Crippen MR) is 82.1 cm³/mol. The van der Waals surface area contributed by atoms with Gasteiger partial charge in [-0.15, -0.1) is 0 Å². The number of pyridine rings is 1. The van der Waals surface area contributed by atoms with E-state index in [2.05, 4.69) is 37.7 Å². The fourth-order valence-electron chi connectivity index (χ4n) is 3.04. The number of para-hydroxylation sites is 1. The zero-order valence-electron chi connectivity index (χ0n) is 12.8. The smallest absolute Gasteiger partial charge is 0.218 e. The third kappa shape index (κ3) is 2.75. The van der Waals surface area contributed by atoms with Crippen molar-refractivity contribution in [2.24, 2.45) is 4.99 Å². The Morgan fingerprint density at radius 2 is 1.95 bits per heavy atom. The van der Waals surface area contributed by atoms with E-state index in [9.17, 15) is 4.39 Å². The molecule has 0 saturated heterocycles. The third-order valence-electron chi connectivity index (χ3n) is 3.54. The van der Waals surface area contributed by atoms with Crippen molar-refractivity contribution in [3.05, 3.63) is 41.8 Å². The number of ether oxygens (including phenoxy) is 1. The van der Waals surface area contributed by atoms with E-state index >= 15 is 0 Å². The van der Waals surface area contributed by atoms with Gasteiger partial charge in [-0.3, -0.25) is 4.98 Å². The fourth-order valence-corrected chi connectivity index (χ4v) is 3.04. The van der Waals surface area contributed by atoms with Crippen molar-refractivity contribution in [1.82, 2.24) is 4.98 Å². The standard InChI is InChI=1S/C17H19FN2O/c1-16(2)10-17(3,4)21-15(20-16)12-8-11-6-5-7-13(18)14(11)19-9-12/h5-9H,10H2,1-4H3. The zero-order valence-corrected chi connectivity index (χ0v) is 12.8. The first-order chi connectivity index (χ1) is 9.76. The van der Waals surface area contributed by atoms with E-state index in [1.807, 2.05) is 12.1 Å². The minimum Gasteiger partial charge on any atom is -0.471 e. The second kappa shape index (κ2) is 4.52. The van der Waals surface area contributed by atoms with Gasteiger partial charge >= 0.3 is 0 Å². The van der Waals surface area contributed by atoms with Gasteiger partial charge in [0.1, 0.15) is 16.9 Å². The van der Waals surface area contributed by atoms with E-state index in [4.69, 9.17) is 4.74 Å². The lowest BCUT2D eigenvalue weighted by Gasteiger charge is -2.38. The number of hydrogen-bond acceptors (Lipinski definition) is 3. The van der Waals surface area contributed by atoms with Crippen LogP contribution in [0, 0.1) is 5.82 Å². The van der Waals surface area contributed by atoms with Crippen LogP contribution in [0.4, 0.5) is 4.39 Å². The van der Waals surface area contributed by atoms with Crippen LogP contribution in [0.2, 0.25) is 0 Å². The molecule has 3 rings (SSSR count). The van der Waals surface area contributed by atoms with Crippen LogP contribution in [-0.2, 0) is 4.74 Å². The highest BCUT2D eigenvalue weighted by Crippen LogP contribution is 2.33. The first kappa shape index (κ1) is 14.0. The summed E-state index contributed by atoms with van der Waals surface area (Å²) >= 11 is 0. The van der Waals surface area contributed by atoms with Crippen LogP contribution >= 0.6 is 0 Å². The highest BCUT2D eigenvalue weighted by Gasteiger charge is 2.36. The van der Waals surface area contributed by atoms with Crippen LogP contribution in [0.1, 0.15) is 39.7 Å². The highest BCUT2D eigenvalue weighted by atomic mass is 19.1. The van der Waals surface area contributed by atoms with Gasteiger partial charge < -0.3 is 4.74 Å². The van der Waals surface area contributed by atoms with Gasteiger partial charge in [-0.1, -0.05) is 12.1 Å². The lowest BCUT2D eigenvalue weighted by Crippen LogP contribution is -2.42. The Labute approximate surface area is 123 Å². The van der Waals surface area contributed by atoms with Gasteiger partial charge in [-0.25, -0.2) is 9.38 Å². The van der Waals surface area contributed by atoms with Gasteiger partial charge in [0, 0.05) is 18.0 Å². The summed E-state index contributed by atoms with van der Waals surface area (Å²) in [7, 11) is 0. The van der Waals surface area contributed by atoms with Gasteiger partial charge in [0.25, 0.3) is 0 Å². The van der Waals surface area contributed by atoms with Crippen LogP contribution in [0.15, 0.2) is 35.5 Å². The maximum Gasteiger partial charge on any atom is 0.218 e. The second-order valence-corrected chi connectivity index (χ2v) is 6.80. The summed E-state index contributed by atoms with van der Waals surface area (Å²) in [4.78, 5) is 8.89. The molecule has 0 bridgehead atoms. The Morgan fingerprint density at radius 1 is 1.19 bits per heavy atom. The Bertz CT molecular complexity index is 735. The molecule has 1 aliphatic heterocycles. The van der Waals surface area contributed by atoms with Crippen LogP contribution < -0.4 is 0 Å². The molecule has 0 saturated carbocycles. The van der Waals surface area contributed by atoms with Crippen LogP contribution in [0.25, 0.3) is 10.9 Å². The summed E-state index contributed by atoms with van der Waals surface area (Å²) < 4.78 is 19.7. The lowest BCUT2D eigenvalue weighted by atomic mass is 9.88. The molecule has 0 fully saturated rings. The molecule has 110 valence electrons. The summed E-state index contributed by atoms with van der Waals surface area (Å²) in [6.07, 6.45) is 2.47. The number of aliphatic imine (C=N–C) groups is 1. The normalized spacial score (nSPS) is 20.0. The van der Waals surface area contributed by atoms with Crippen molar-refractivity contribution in [1.29, 1.82) is 0 Å². The molecular formula is C17H19FN2O. The Hall–Kier alpha value is -1.97. The Kier molecular flexibility index (Phi) is 3.01. The first-order valence-corrected chi connectivity index (χ1v) is 7.09. The molecule has 0 atom stereocenters. The summed E-state index contributed by atoms with van der Waals surface area (Å²) in [6, 6.07) is 6.81. The van der Waals surface area contributed by atoms with Crippen molar-refractivity contribution >= 4 is 16.8 Å². The van der Waals surface area contributed by atoms with Gasteiger partial charge in [-0.2, -0.15) is 0 Å². The summed E-state index contributed by atoms with van der Waals surface area (Å²) in [5.41, 5.74) is 0.691. The number of hydrogen-bond donors (Lipinski definition) is 0. The number of aromatic nitrogens is 1. The quantitative estimate of drug-likeness (QED) is 0.791. The molecule has 0 N–H and O–H groups in total. The topological polar surface area (TPSA) is 34.5 Å². The molecule has 1 aromatic carbocycles.